The van der Waals surface area contributed by atoms with Crippen LogP contribution in [0.25, 0.3) is 10.9 Å². The number of ether oxygens (including phenoxy) is 3. The molecule has 130 heavy (non-hydrogen) atoms. The highest BCUT2D eigenvalue weighted by Crippen LogP contribution is 2.68. The minimum atomic E-state index is -2.74. The molecular weight excluding hydrogens is 1740 g/mol. The van der Waals surface area contributed by atoms with Gasteiger partial charge in [0.2, 0.25) is 29.5 Å². The minimum absolute atomic E-state index is 0.0367. The Kier molecular flexibility index (Phi) is 33.5. The normalized spacial score (nSPS) is 23.7. The number of aromatic nitrogens is 1. The van der Waals surface area contributed by atoms with Crippen molar-refractivity contribution in [1.29, 1.82) is 0 Å². The molecule has 1 saturated carbocycles. The molecule has 1 aliphatic carbocycles. The highest BCUT2D eigenvalue weighted by Gasteiger charge is 2.79. The van der Waals surface area contributed by atoms with Gasteiger partial charge >= 0.3 is 54.0 Å². The Morgan fingerprint density at radius 2 is 1.25 bits per heavy atom. The molecule has 21 N–H and O–H groups in total. The number of hydrazine groups is 1. The number of amides is 11. The van der Waals surface area contributed by atoms with E-state index in [4.69, 9.17) is 25.1 Å². The van der Waals surface area contributed by atoms with E-state index in [0.717, 1.165) is 38.1 Å². The lowest BCUT2D eigenvalue weighted by Crippen LogP contribution is -2.82. The number of rotatable bonds is 39. The lowest BCUT2D eigenvalue weighted by molar-refractivity contribution is -0.204. The fourth-order valence-electron chi connectivity index (χ4n) is 19.0. The summed E-state index contributed by atoms with van der Waals surface area (Å²) in [6, 6.07) is 11.3. The molecular formula is C87H113N15O26S2. The number of imide groups is 1. The van der Waals surface area contributed by atoms with Gasteiger partial charge in [-0.2, -0.15) is 0 Å². The Labute approximate surface area is 755 Å². The first kappa shape index (κ1) is 100. The van der Waals surface area contributed by atoms with Gasteiger partial charge in [0.1, 0.15) is 66.2 Å². The quantitative estimate of drug-likeness (QED) is 0.00858. The molecule has 5 heterocycles. The number of para-hydroxylation sites is 1. The second kappa shape index (κ2) is 43.5. The third-order valence-electron chi connectivity index (χ3n) is 25.0. The van der Waals surface area contributed by atoms with Gasteiger partial charge in [-0.1, -0.05) is 133 Å². The van der Waals surface area contributed by atoms with Gasteiger partial charge in [0.25, 0.3) is 5.91 Å². The monoisotopic (exact) mass is 1850 g/mol. The number of aliphatic hydroxyl groups is 3. The fourth-order valence-corrected chi connectivity index (χ4v) is 21.0. The van der Waals surface area contributed by atoms with Gasteiger partial charge in [-0.3, -0.25) is 58.8 Å². The molecule has 5 aromatic rings. The molecule has 43 heteroatoms. The molecule has 4 aromatic carbocycles. The van der Waals surface area contributed by atoms with Gasteiger partial charge in [0.15, 0.2) is 5.60 Å². The minimum Gasteiger partial charge on any atom is -0.496 e. The number of hydrogen-bond acceptors (Lipinski definition) is 27. The van der Waals surface area contributed by atoms with E-state index in [0.29, 0.717) is 85.5 Å². The number of H-pyrrole nitrogens is 1. The van der Waals surface area contributed by atoms with E-state index in [1.54, 1.807) is 78.7 Å². The molecule has 16 atom stereocenters. The third kappa shape index (κ3) is 22.5. The Hall–Kier alpha value is -12.1. The zero-order chi connectivity index (χ0) is 94.9. The highest BCUT2D eigenvalue weighted by molar-refractivity contribution is 8.76. The molecule has 5 aliphatic rings. The molecule has 11 amide bonds. The molecule has 704 valence electrons. The number of nitrogens with two attached hydrogens (primary N) is 1. The van der Waals surface area contributed by atoms with Crippen LogP contribution in [0, 0.1) is 11.3 Å². The Bertz CT molecular complexity index is 5070. The molecule has 1 saturated heterocycles. The smallest absolute Gasteiger partial charge is 0.426 e. The van der Waals surface area contributed by atoms with Gasteiger partial charge in [0, 0.05) is 121 Å². The predicted octanol–water partition coefficient (Wildman–Crippen LogP) is 1.01. The second-order valence-corrected chi connectivity index (χ2v) is 36.1. The van der Waals surface area contributed by atoms with Crippen molar-refractivity contribution < 1.29 is 127 Å². The number of carbonyl (C=O) groups excluding carboxylic acids is 10. The third-order valence-corrected chi connectivity index (χ3v) is 27.3. The van der Waals surface area contributed by atoms with E-state index < -0.39 is 222 Å². The summed E-state index contributed by atoms with van der Waals surface area (Å²) in [6.07, 6.45) is -1.48. The van der Waals surface area contributed by atoms with Crippen LogP contribution in [0.15, 0.2) is 109 Å². The summed E-state index contributed by atoms with van der Waals surface area (Å²) in [4.78, 5) is 209. The number of anilines is 1. The number of nitrogens with zero attached hydrogens (tertiary/aromatic N) is 3. The van der Waals surface area contributed by atoms with Crippen molar-refractivity contribution in [3.8, 4) is 5.75 Å². The standard InChI is InChI=1S/C87H113N15O26S2/c1-8-83(124)42-47(3)43-86(79(120)127-7,67-51(29-33-100(4)46-83)50-23-16-17-24-55(50)90-67)53-39-52-62(41-63(53)126-6)101(5)76-85(52)31-34-102-32-18-30-84(9-2,75(85)102)77(118)87(76,125)78(119)98-99-82(123)128-35-36-129-130-45-61(74(116)117)93-71(111)60(40-66(106)107)91-68(108)54(88)44-89-69(109)58(37-48-19-12-10-13-20-48)92-70(110)59(38-49-21-14-11-15-22-49)96-81(122)97-64(103)27-25-56(72(112)113)94-80(121)95-57(73(114)115)26-28-65(104)105/h10-24,30,39,41,47,54,56-61,75-77,90,118,124-125H,8-9,25-29,31-38,40,42-46,88H2,1-7H3,(H,89,109)(H,91,108)(H,92,110)(H,93,111)(H,98,119)(H,99,123)(H,104,105)(H,106,107)(H,112,113)(H,114,115)(H,116,117)(H2,94,95,121)(H2,96,97,103,122)/t47-,54+,56+,57+,58+,59+,60+,61+,75+,76?,77-,83+,84-,85-,86+,87+/m1/s1. The predicted molar refractivity (Wildman–Crippen MR) is 471 cm³/mol. The summed E-state index contributed by atoms with van der Waals surface area (Å²) in [6.45, 7) is 6.57. The van der Waals surface area contributed by atoms with E-state index in [1.165, 1.54) is 14.2 Å². The van der Waals surface area contributed by atoms with E-state index in [9.17, 15) is 98.1 Å². The van der Waals surface area contributed by atoms with Crippen molar-refractivity contribution in [2.75, 3.05) is 84.1 Å². The number of carboxylic acid groups (broad SMARTS) is 5. The molecule has 2 fully saturated rings. The van der Waals surface area contributed by atoms with Crippen LogP contribution in [0.2, 0.25) is 0 Å². The summed E-state index contributed by atoms with van der Waals surface area (Å²) < 4.78 is 17.8. The largest absolute Gasteiger partial charge is 0.496 e. The van der Waals surface area contributed by atoms with Crippen LogP contribution in [-0.4, -0.2) is 296 Å². The van der Waals surface area contributed by atoms with Crippen molar-refractivity contribution in [1.82, 2.24) is 68.2 Å². The number of hydrogen-bond donors (Lipinski definition) is 20. The maximum atomic E-state index is 15.7. The SMILES string of the molecule is CC[C@]1(O)C[C@@H](C)C[C@](C(=O)OC)(c2cc3c(cc2OC)N(C)C2[C@]34CCN3CC=C[C@@](CC)([C@@H](O)[C@]2(O)C(=O)NNC(=O)OCCSSC[C@H](NC(=O)[C@H](CC(=O)O)NC(=O)[C@@H](N)CNC(=O)[C@H](Cc2ccccc2)NC(=O)[C@H](Cc2ccccc2)NC(=O)NC(=O)CC[C@H](NC(=O)N[C@@H](CCC(=O)O)C(=O)O)C(=O)O)C(=O)O)[C@H]34)c2[nH]c3ccccc3c2CCN(C)C1. The number of esters is 1. The van der Waals surface area contributed by atoms with Gasteiger partial charge in [-0.15, -0.1) is 0 Å². The zero-order valence-corrected chi connectivity index (χ0v) is 74.4. The van der Waals surface area contributed by atoms with Crippen LogP contribution in [-0.2, 0) is 97.1 Å². The summed E-state index contributed by atoms with van der Waals surface area (Å²) in [5, 5.41) is 106. The maximum absolute atomic E-state index is 15.7. The van der Waals surface area contributed by atoms with Crippen molar-refractivity contribution >= 4 is 128 Å². The number of carbonyl (C=O) groups is 15. The van der Waals surface area contributed by atoms with E-state index in [-0.39, 0.29) is 49.7 Å². The number of aromatic amines is 1. The summed E-state index contributed by atoms with van der Waals surface area (Å²) in [5.74, 6) is -15.7. The maximum Gasteiger partial charge on any atom is 0.426 e. The number of β-amino-alcohol motifs (C(OH)–C–C–N with tert-alkyl or cyclic N) is 1. The topological polar surface area (TPSA) is 617 Å². The number of urea groups is 2. The number of carboxylic acids is 5. The fraction of sp³-hybridized carbons (Fsp3) is 0.506. The second-order valence-electron chi connectivity index (χ2n) is 33.5. The number of likely N-dealkylation sites (N-methyl/N-ethyl adjacent to an activating group) is 2. The first-order valence-electron chi connectivity index (χ1n) is 42.4. The first-order chi connectivity index (χ1) is 61.7. The number of fused-ring (bicyclic) bond motifs is 4. The van der Waals surface area contributed by atoms with Crippen LogP contribution in [0.4, 0.5) is 20.1 Å². The molecule has 1 unspecified atom stereocenters. The van der Waals surface area contributed by atoms with E-state index >= 15 is 9.59 Å². The average molecular weight is 1850 g/mol. The number of nitrogens with one attached hydrogen (secondary N) is 11. The van der Waals surface area contributed by atoms with Crippen LogP contribution < -0.4 is 68.8 Å². The molecule has 0 radical (unpaired) electrons. The van der Waals surface area contributed by atoms with Crippen LogP contribution in [0.3, 0.4) is 0 Å². The van der Waals surface area contributed by atoms with Gasteiger partial charge in [0.05, 0.1) is 32.3 Å². The summed E-state index contributed by atoms with van der Waals surface area (Å²) in [5.41, 5.74) is 7.59. The Balaban J connectivity index is 0.752. The Morgan fingerprint density at radius 3 is 1.85 bits per heavy atom. The number of benzene rings is 4. The lowest BCUT2D eigenvalue weighted by Gasteiger charge is -2.63. The molecule has 1 spiro atoms. The van der Waals surface area contributed by atoms with E-state index in [2.05, 4.69) is 52.2 Å². The lowest BCUT2D eigenvalue weighted by atomic mass is 9.47. The van der Waals surface area contributed by atoms with Gasteiger partial charge in [-0.05, 0) is 105 Å². The number of aliphatic carboxylic acids is 5. The van der Waals surface area contributed by atoms with Crippen molar-refractivity contribution in [3.05, 3.63) is 143 Å². The van der Waals surface area contributed by atoms with Crippen molar-refractivity contribution in [3.63, 3.8) is 0 Å². The summed E-state index contributed by atoms with van der Waals surface area (Å²) >= 11 is 0. The van der Waals surface area contributed by atoms with Crippen LogP contribution in [0.5, 0.6) is 5.75 Å². The molecule has 4 aliphatic heterocycles. The van der Waals surface area contributed by atoms with Gasteiger partial charge in [-0.25, -0.2) is 34.2 Å². The van der Waals surface area contributed by atoms with Crippen LogP contribution in [0.1, 0.15) is 118 Å². The molecule has 1 aromatic heterocycles. The molecule has 0 bridgehead atoms. The van der Waals surface area contributed by atoms with E-state index in [1.807, 2.05) is 86.3 Å². The zero-order valence-electron chi connectivity index (χ0n) is 72.8. The Morgan fingerprint density at radius 1 is 0.646 bits per heavy atom. The molecule has 10 rings (SSSR count). The van der Waals surface area contributed by atoms with Crippen molar-refractivity contribution in [2.45, 2.75) is 187 Å². The molecule has 41 nitrogen and oxygen atoms in total. The summed E-state index contributed by atoms with van der Waals surface area (Å²) in [7, 11) is 8.37. The number of methoxy groups -OCH3 is 2. The highest BCUT2D eigenvalue weighted by atomic mass is 33.1. The first-order valence-corrected chi connectivity index (χ1v) is 44.9. The van der Waals surface area contributed by atoms with Crippen LogP contribution >= 0.6 is 21.6 Å². The van der Waals surface area contributed by atoms with Crippen molar-refractivity contribution in [2.24, 2.45) is 17.1 Å². The van der Waals surface area contributed by atoms with Gasteiger partial charge < -0.3 is 113 Å². The number of aliphatic hydroxyl groups excluding tert-OH is 1. The average Bonchev–Trinajstić information content (AvgIpc) is 1.48.